The van der Waals surface area contributed by atoms with Gasteiger partial charge < -0.3 is 4.90 Å². The molecule has 1 unspecified atom stereocenters. The van der Waals surface area contributed by atoms with Gasteiger partial charge in [-0.1, -0.05) is 12.1 Å². The first-order valence-electron chi connectivity index (χ1n) is 8.84. The topological polar surface area (TPSA) is 82.6 Å². The van der Waals surface area contributed by atoms with E-state index < -0.39 is 21.9 Å². The van der Waals surface area contributed by atoms with Gasteiger partial charge in [0.2, 0.25) is 0 Å². The highest BCUT2D eigenvalue weighted by molar-refractivity contribution is 7.87. The van der Waals surface area contributed by atoms with Crippen LogP contribution in [0.5, 0.6) is 0 Å². The Morgan fingerprint density at radius 2 is 1.90 bits per heavy atom. The molecule has 1 N–H and O–H groups in total. The minimum atomic E-state index is -4.46. The highest BCUT2D eigenvalue weighted by Crippen LogP contribution is 2.32. The van der Waals surface area contributed by atoms with Gasteiger partial charge in [0, 0.05) is 32.4 Å². The first-order chi connectivity index (χ1) is 13.6. The molecule has 2 saturated heterocycles. The highest BCUT2D eigenvalue weighted by atomic mass is 32.2. The molecule has 0 saturated carbocycles. The molecule has 2 fully saturated rings. The second-order valence-corrected chi connectivity index (χ2v) is 8.59. The van der Waals surface area contributed by atoms with E-state index >= 15 is 0 Å². The van der Waals surface area contributed by atoms with Gasteiger partial charge in [0.25, 0.3) is 16.1 Å². The van der Waals surface area contributed by atoms with Crippen LogP contribution in [0.1, 0.15) is 16.1 Å². The zero-order valence-electron chi connectivity index (χ0n) is 15.1. The van der Waals surface area contributed by atoms with E-state index in [-0.39, 0.29) is 43.8 Å². The molecule has 3 heterocycles. The van der Waals surface area contributed by atoms with Gasteiger partial charge in [0.05, 0.1) is 11.6 Å². The van der Waals surface area contributed by atoms with Crippen LogP contribution in [-0.4, -0.2) is 60.7 Å². The van der Waals surface area contributed by atoms with Crippen molar-refractivity contribution in [2.75, 3.05) is 26.2 Å². The molecule has 7 nitrogen and oxygen atoms in total. The number of carbonyl (C=O) groups is 1. The number of rotatable bonds is 2. The van der Waals surface area contributed by atoms with E-state index in [1.54, 1.807) is 0 Å². The predicted molar refractivity (Wildman–Crippen MR) is 98.0 cm³/mol. The molecule has 1 amide bonds. The molecule has 2 aromatic rings. The normalized spacial score (nSPS) is 21.8. The van der Waals surface area contributed by atoms with Crippen LogP contribution in [0.2, 0.25) is 0 Å². The number of benzene rings is 1. The minimum Gasteiger partial charge on any atom is -0.334 e. The Balaban J connectivity index is 1.56. The van der Waals surface area contributed by atoms with Gasteiger partial charge in [-0.25, -0.2) is 4.72 Å². The first-order valence-corrected chi connectivity index (χ1v) is 10.3. The van der Waals surface area contributed by atoms with Crippen molar-refractivity contribution in [2.45, 2.75) is 12.2 Å². The molecule has 0 spiro atoms. The van der Waals surface area contributed by atoms with Crippen molar-refractivity contribution in [3.63, 3.8) is 0 Å². The van der Waals surface area contributed by atoms with Crippen molar-refractivity contribution < 1.29 is 26.4 Å². The Morgan fingerprint density at radius 1 is 1.14 bits per heavy atom. The summed E-state index contributed by atoms with van der Waals surface area (Å²) in [5, 5.41) is 0. The van der Waals surface area contributed by atoms with Crippen molar-refractivity contribution in [3.8, 4) is 11.1 Å². The van der Waals surface area contributed by atoms with Crippen LogP contribution >= 0.6 is 0 Å². The van der Waals surface area contributed by atoms with Gasteiger partial charge in [-0.2, -0.15) is 25.9 Å². The fraction of sp³-hybridized carbons (Fsp3) is 0.333. The van der Waals surface area contributed by atoms with Crippen LogP contribution in [0.3, 0.4) is 0 Å². The number of fused-ring (bicyclic) bond motifs is 1. The second-order valence-electron chi connectivity index (χ2n) is 6.88. The lowest BCUT2D eigenvalue weighted by molar-refractivity contribution is -0.137. The number of amides is 1. The Labute approximate surface area is 165 Å². The number of halogens is 3. The van der Waals surface area contributed by atoms with Crippen molar-refractivity contribution in [2.24, 2.45) is 0 Å². The number of pyridine rings is 1. The standard InChI is InChI=1S/C18H17F3N4O3S/c19-18(20,21)14-3-1-2-12(8-14)13-4-5-22-16(9-13)17(26)24-6-7-25-15(11-24)10-23-29(25,27)28/h1-5,8-9,15,23H,6-7,10-11H2. The van der Waals surface area contributed by atoms with Gasteiger partial charge in [-0.3, -0.25) is 9.78 Å². The third-order valence-electron chi connectivity index (χ3n) is 5.03. The average molecular weight is 426 g/mol. The first kappa shape index (κ1) is 19.8. The van der Waals surface area contributed by atoms with Gasteiger partial charge in [0.1, 0.15) is 5.69 Å². The van der Waals surface area contributed by atoms with E-state index in [9.17, 15) is 26.4 Å². The molecule has 154 valence electrons. The lowest BCUT2D eigenvalue weighted by Gasteiger charge is -2.35. The summed E-state index contributed by atoms with van der Waals surface area (Å²) in [7, 11) is -3.48. The number of alkyl halides is 3. The summed E-state index contributed by atoms with van der Waals surface area (Å²) in [4.78, 5) is 18.4. The van der Waals surface area contributed by atoms with E-state index in [0.29, 0.717) is 11.1 Å². The molecule has 2 aliphatic rings. The van der Waals surface area contributed by atoms with Crippen molar-refractivity contribution >= 4 is 16.1 Å². The Bertz CT molecular complexity index is 1060. The zero-order chi connectivity index (χ0) is 20.8. The summed E-state index contributed by atoms with van der Waals surface area (Å²) >= 11 is 0. The number of hydrogen-bond acceptors (Lipinski definition) is 4. The Kier molecular flexibility index (Phi) is 4.83. The summed E-state index contributed by atoms with van der Waals surface area (Å²) in [6.45, 7) is 0.842. The van der Waals surface area contributed by atoms with E-state index in [0.717, 1.165) is 12.1 Å². The van der Waals surface area contributed by atoms with Gasteiger partial charge in [-0.05, 0) is 35.4 Å². The second kappa shape index (κ2) is 7.08. The highest BCUT2D eigenvalue weighted by Gasteiger charge is 2.42. The van der Waals surface area contributed by atoms with Gasteiger partial charge >= 0.3 is 6.18 Å². The molecule has 1 aromatic carbocycles. The van der Waals surface area contributed by atoms with Crippen molar-refractivity contribution in [1.29, 1.82) is 0 Å². The molecule has 2 aliphatic heterocycles. The molecule has 0 bridgehead atoms. The number of hydrogen-bond donors (Lipinski definition) is 1. The predicted octanol–water partition coefficient (Wildman–Crippen LogP) is 1.74. The molecule has 0 aliphatic carbocycles. The molecule has 1 aromatic heterocycles. The van der Waals surface area contributed by atoms with E-state index in [4.69, 9.17) is 0 Å². The molecule has 0 radical (unpaired) electrons. The fourth-order valence-corrected chi connectivity index (χ4v) is 4.98. The van der Waals surface area contributed by atoms with Crippen LogP contribution in [0.15, 0.2) is 42.6 Å². The van der Waals surface area contributed by atoms with E-state index in [1.807, 2.05) is 0 Å². The third kappa shape index (κ3) is 3.85. The number of carbonyl (C=O) groups excluding carboxylic acids is 1. The monoisotopic (exact) mass is 426 g/mol. The number of aromatic nitrogens is 1. The number of nitrogens with one attached hydrogen (secondary N) is 1. The molecule has 11 heteroatoms. The fourth-order valence-electron chi connectivity index (χ4n) is 3.55. The van der Waals surface area contributed by atoms with Crippen LogP contribution in [-0.2, 0) is 16.4 Å². The molecular weight excluding hydrogens is 409 g/mol. The SMILES string of the molecule is O=C(c1cc(-c2cccc(C(F)(F)F)c2)ccn1)N1CCN2C(CNS2(=O)=O)C1. The lowest BCUT2D eigenvalue weighted by Crippen LogP contribution is -2.53. The molecule has 1 atom stereocenters. The lowest BCUT2D eigenvalue weighted by atomic mass is 10.0. The van der Waals surface area contributed by atoms with Gasteiger partial charge in [0.15, 0.2) is 0 Å². The maximum absolute atomic E-state index is 13.0. The summed E-state index contributed by atoms with van der Waals surface area (Å²) < 4.78 is 66.4. The quantitative estimate of drug-likeness (QED) is 0.793. The van der Waals surface area contributed by atoms with Crippen LogP contribution < -0.4 is 4.72 Å². The minimum absolute atomic E-state index is 0.0992. The van der Waals surface area contributed by atoms with Gasteiger partial charge in [-0.15, -0.1) is 0 Å². The van der Waals surface area contributed by atoms with E-state index in [1.165, 1.54) is 39.7 Å². The van der Waals surface area contributed by atoms with Crippen LogP contribution in [0.25, 0.3) is 11.1 Å². The Morgan fingerprint density at radius 3 is 2.66 bits per heavy atom. The maximum atomic E-state index is 13.0. The van der Waals surface area contributed by atoms with Crippen molar-refractivity contribution in [1.82, 2.24) is 18.9 Å². The summed E-state index contributed by atoms with van der Waals surface area (Å²) in [5.74, 6) is -0.386. The average Bonchev–Trinajstić information content (AvgIpc) is 3.01. The summed E-state index contributed by atoms with van der Waals surface area (Å²) in [5.41, 5.74) is 0.0957. The maximum Gasteiger partial charge on any atom is 0.416 e. The summed E-state index contributed by atoms with van der Waals surface area (Å²) in [6.07, 6.45) is -3.09. The largest absolute Gasteiger partial charge is 0.416 e. The van der Waals surface area contributed by atoms with Crippen LogP contribution in [0.4, 0.5) is 13.2 Å². The third-order valence-corrected chi connectivity index (χ3v) is 6.66. The molecular formula is C18H17F3N4O3S. The molecule has 4 rings (SSSR count). The van der Waals surface area contributed by atoms with Crippen LogP contribution in [0, 0.1) is 0 Å². The number of piperazine rings is 1. The van der Waals surface area contributed by atoms with E-state index in [2.05, 4.69) is 9.71 Å². The van der Waals surface area contributed by atoms with Crippen molar-refractivity contribution in [3.05, 3.63) is 53.9 Å². The Hall–Kier alpha value is -2.50. The molecule has 29 heavy (non-hydrogen) atoms. The smallest absolute Gasteiger partial charge is 0.334 e. The number of nitrogens with zero attached hydrogens (tertiary/aromatic N) is 3. The zero-order valence-corrected chi connectivity index (χ0v) is 15.9. The summed E-state index contributed by atoms with van der Waals surface area (Å²) in [6, 6.07) is 7.51.